The van der Waals surface area contributed by atoms with Gasteiger partial charge in [-0.1, -0.05) is 12.1 Å². The lowest BCUT2D eigenvalue weighted by Crippen LogP contribution is -2.51. The summed E-state index contributed by atoms with van der Waals surface area (Å²) in [4.78, 5) is 9.94. The van der Waals surface area contributed by atoms with Crippen LogP contribution in [-0.2, 0) is 0 Å². The van der Waals surface area contributed by atoms with Gasteiger partial charge in [0.2, 0.25) is 0 Å². The predicted octanol–water partition coefficient (Wildman–Crippen LogP) is 4.19. The molecule has 3 aromatic rings. The van der Waals surface area contributed by atoms with E-state index >= 15 is 0 Å². The van der Waals surface area contributed by atoms with Crippen LogP contribution in [0.15, 0.2) is 36.7 Å². The minimum atomic E-state index is -4.32. The van der Waals surface area contributed by atoms with Gasteiger partial charge in [0.1, 0.15) is 36.7 Å². The maximum atomic E-state index is 14.5. The molecule has 5 rings (SSSR count). The molecule has 35 heavy (non-hydrogen) atoms. The number of aromatic nitrogens is 2. The van der Waals surface area contributed by atoms with E-state index in [0.29, 0.717) is 46.9 Å². The number of fused-ring (bicyclic) bond motifs is 2. The molecule has 0 bridgehead atoms. The number of aryl methyl sites for hydroxylation is 1. The van der Waals surface area contributed by atoms with Gasteiger partial charge < -0.3 is 20.1 Å². The Kier molecular flexibility index (Phi) is 6.37. The van der Waals surface area contributed by atoms with Crippen LogP contribution in [0.2, 0.25) is 0 Å². The van der Waals surface area contributed by atoms with E-state index in [4.69, 9.17) is 9.47 Å². The van der Waals surface area contributed by atoms with Gasteiger partial charge in [-0.3, -0.25) is 4.90 Å². The third-order valence-corrected chi connectivity index (χ3v) is 6.29. The van der Waals surface area contributed by atoms with Crippen LogP contribution >= 0.6 is 0 Å². The lowest BCUT2D eigenvalue weighted by molar-refractivity contribution is -0.186. The summed E-state index contributed by atoms with van der Waals surface area (Å²) < 4.78 is 67.3. The highest BCUT2D eigenvalue weighted by Crippen LogP contribution is 2.38. The van der Waals surface area contributed by atoms with Crippen LogP contribution in [0.1, 0.15) is 12.0 Å². The largest absolute Gasteiger partial charge is 0.486 e. The third-order valence-electron chi connectivity index (χ3n) is 6.29. The van der Waals surface area contributed by atoms with Crippen molar-refractivity contribution in [1.82, 2.24) is 20.2 Å². The SMILES string of the molecule is Cc1cccc(Nc2ncnc3cc4c(cc23)OC(CN2CCNCCC2C(F)(F)F)CO4)c1F. The van der Waals surface area contributed by atoms with Crippen molar-refractivity contribution in [3.63, 3.8) is 0 Å². The van der Waals surface area contributed by atoms with E-state index in [1.807, 2.05) is 0 Å². The third kappa shape index (κ3) is 4.96. The summed E-state index contributed by atoms with van der Waals surface area (Å²) in [5.41, 5.74) is 1.32. The fourth-order valence-electron chi connectivity index (χ4n) is 4.50. The fraction of sp³-hybridized carbons (Fsp3) is 0.417. The molecule has 2 aliphatic rings. The van der Waals surface area contributed by atoms with Crippen LogP contribution in [0, 0.1) is 12.7 Å². The van der Waals surface area contributed by atoms with Gasteiger partial charge in [0, 0.05) is 31.1 Å². The number of hydrogen-bond donors (Lipinski definition) is 2. The molecule has 2 unspecified atom stereocenters. The first-order chi connectivity index (χ1) is 16.8. The summed E-state index contributed by atoms with van der Waals surface area (Å²) in [5.74, 6) is 0.824. The van der Waals surface area contributed by atoms with Crippen molar-refractivity contribution in [2.75, 3.05) is 38.1 Å². The van der Waals surface area contributed by atoms with E-state index in [1.165, 1.54) is 11.2 Å². The zero-order valence-corrected chi connectivity index (χ0v) is 19.0. The van der Waals surface area contributed by atoms with Crippen LogP contribution in [0.5, 0.6) is 11.5 Å². The van der Waals surface area contributed by atoms with Crippen LogP contribution in [0.3, 0.4) is 0 Å². The number of nitrogens with zero attached hydrogens (tertiary/aromatic N) is 3. The summed E-state index contributed by atoms with van der Waals surface area (Å²) in [6, 6.07) is 6.85. The first-order valence-corrected chi connectivity index (χ1v) is 11.4. The van der Waals surface area contributed by atoms with Crippen molar-refractivity contribution < 1.29 is 27.0 Å². The number of nitrogens with one attached hydrogen (secondary N) is 2. The molecule has 2 aliphatic heterocycles. The van der Waals surface area contributed by atoms with Gasteiger partial charge >= 0.3 is 6.18 Å². The Balaban J connectivity index is 1.40. The number of rotatable bonds is 4. The Morgan fingerprint density at radius 1 is 1.17 bits per heavy atom. The van der Waals surface area contributed by atoms with Crippen LogP contribution in [-0.4, -0.2) is 66.0 Å². The molecule has 1 fully saturated rings. The van der Waals surface area contributed by atoms with Gasteiger partial charge in [-0.05, 0) is 37.6 Å². The maximum absolute atomic E-state index is 14.5. The van der Waals surface area contributed by atoms with E-state index in [9.17, 15) is 17.6 Å². The second-order valence-electron chi connectivity index (χ2n) is 8.74. The van der Waals surface area contributed by atoms with Gasteiger partial charge in [-0.15, -0.1) is 0 Å². The van der Waals surface area contributed by atoms with Gasteiger partial charge in [0.25, 0.3) is 0 Å². The molecule has 2 atom stereocenters. The molecule has 0 aliphatic carbocycles. The van der Waals surface area contributed by atoms with Gasteiger partial charge in [0.15, 0.2) is 11.5 Å². The molecule has 0 radical (unpaired) electrons. The van der Waals surface area contributed by atoms with Crippen molar-refractivity contribution >= 4 is 22.4 Å². The second kappa shape index (κ2) is 9.46. The molecule has 2 N–H and O–H groups in total. The molecule has 1 saturated heterocycles. The van der Waals surface area contributed by atoms with Crippen molar-refractivity contribution in [3.8, 4) is 11.5 Å². The molecule has 11 heteroatoms. The van der Waals surface area contributed by atoms with Crippen molar-refractivity contribution in [2.45, 2.75) is 31.7 Å². The van der Waals surface area contributed by atoms with Crippen LogP contribution in [0.25, 0.3) is 10.9 Å². The molecule has 0 amide bonds. The van der Waals surface area contributed by atoms with Crippen molar-refractivity contribution in [1.29, 1.82) is 0 Å². The number of hydrogen-bond acceptors (Lipinski definition) is 7. The molecular weight excluding hydrogens is 466 g/mol. The maximum Gasteiger partial charge on any atom is 0.404 e. The Morgan fingerprint density at radius 3 is 2.86 bits per heavy atom. The normalized spacial score (nSPS) is 21.1. The monoisotopic (exact) mass is 491 g/mol. The minimum absolute atomic E-state index is 0.0137. The molecule has 186 valence electrons. The van der Waals surface area contributed by atoms with E-state index in [1.54, 1.807) is 37.3 Å². The molecular formula is C24H25F4N5O2. The van der Waals surface area contributed by atoms with E-state index in [0.717, 1.165) is 0 Å². The summed E-state index contributed by atoms with van der Waals surface area (Å²) in [5, 5.41) is 6.60. The van der Waals surface area contributed by atoms with Gasteiger partial charge in [0.05, 0.1) is 11.2 Å². The molecule has 3 heterocycles. The zero-order chi connectivity index (χ0) is 24.6. The highest BCUT2D eigenvalue weighted by Gasteiger charge is 2.44. The first kappa shape index (κ1) is 23.6. The average molecular weight is 491 g/mol. The van der Waals surface area contributed by atoms with Crippen LogP contribution in [0.4, 0.5) is 29.1 Å². The van der Waals surface area contributed by atoms with Crippen LogP contribution < -0.4 is 20.1 Å². The summed E-state index contributed by atoms with van der Waals surface area (Å²) in [7, 11) is 0. The molecule has 1 aromatic heterocycles. The first-order valence-electron chi connectivity index (χ1n) is 11.4. The highest BCUT2D eigenvalue weighted by atomic mass is 19.4. The number of anilines is 2. The second-order valence-corrected chi connectivity index (χ2v) is 8.74. The Hall–Kier alpha value is -3.18. The molecule has 2 aromatic carbocycles. The van der Waals surface area contributed by atoms with E-state index in [-0.39, 0.29) is 37.6 Å². The Bertz CT molecular complexity index is 1220. The molecule has 0 saturated carbocycles. The predicted molar refractivity (Wildman–Crippen MR) is 123 cm³/mol. The topological polar surface area (TPSA) is 71.5 Å². The minimum Gasteiger partial charge on any atom is -0.486 e. The standard InChI is InChI=1S/C24H25F4N5O2/c1-14-3-2-4-17(22(14)25)32-23-16-9-20-19(10-18(16)30-13-31-23)34-12-15(35-20)11-33-8-7-29-6-5-21(33)24(26,27)28/h2-4,9-10,13,15,21,29H,5-8,11-12H2,1H3,(H,30,31,32). The van der Waals surface area contributed by atoms with Gasteiger partial charge in [-0.25, -0.2) is 14.4 Å². The lowest BCUT2D eigenvalue weighted by Gasteiger charge is -2.35. The van der Waals surface area contributed by atoms with Crippen molar-refractivity contribution in [2.24, 2.45) is 0 Å². The van der Waals surface area contributed by atoms with E-state index in [2.05, 4.69) is 20.6 Å². The van der Waals surface area contributed by atoms with Gasteiger partial charge in [-0.2, -0.15) is 13.2 Å². The summed E-state index contributed by atoms with van der Waals surface area (Å²) >= 11 is 0. The smallest absolute Gasteiger partial charge is 0.404 e. The number of benzene rings is 2. The lowest BCUT2D eigenvalue weighted by atomic mass is 10.1. The molecule has 7 nitrogen and oxygen atoms in total. The number of halogens is 4. The summed E-state index contributed by atoms with van der Waals surface area (Å²) in [6.07, 6.45) is -3.56. The number of alkyl halides is 3. The molecule has 0 spiro atoms. The average Bonchev–Trinajstić information content (AvgIpc) is 3.07. The number of ether oxygens (including phenoxy) is 2. The Morgan fingerprint density at radius 2 is 2.03 bits per heavy atom. The Labute approximate surface area is 199 Å². The highest BCUT2D eigenvalue weighted by molar-refractivity contribution is 5.93. The zero-order valence-electron chi connectivity index (χ0n) is 19.0. The van der Waals surface area contributed by atoms with E-state index < -0.39 is 18.3 Å². The summed E-state index contributed by atoms with van der Waals surface area (Å²) in [6.45, 7) is 2.92. The quantitative estimate of drug-likeness (QED) is 0.531. The van der Waals surface area contributed by atoms with Crippen molar-refractivity contribution in [3.05, 3.63) is 48.0 Å². The fourth-order valence-corrected chi connectivity index (χ4v) is 4.50.